The molecular formula is C11H18N2O. The van der Waals surface area contributed by atoms with Crippen LogP contribution in [-0.4, -0.2) is 24.7 Å². The molecule has 0 amide bonds. The van der Waals surface area contributed by atoms with Crippen LogP contribution in [0.4, 0.5) is 5.82 Å². The maximum atomic E-state index is 5.23. The summed E-state index contributed by atoms with van der Waals surface area (Å²) in [4.78, 5) is 4.34. The molecule has 1 aromatic heterocycles. The fourth-order valence-electron chi connectivity index (χ4n) is 1.18. The van der Waals surface area contributed by atoms with Gasteiger partial charge in [0.05, 0.1) is 0 Å². The van der Waals surface area contributed by atoms with Gasteiger partial charge >= 0.3 is 0 Å². The highest BCUT2D eigenvalue weighted by atomic mass is 16.5. The Morgan fingerprint density at radius 2 is 2.29 bits per heavy atom. The zero-order valence-corrected chi connectivity index (χ0v) is 8.92. The molecule has 0 aliphatic heterocycles. The van der Waals surface area contributed by atoms with E-state index in [0.29, 0.717) is 0 Å². The largest absolute Gasteiger partial charge is 0.382 e. The van der Waals surface area contributed by atoms with Crippen molar-refractivity contribution in [1.29, 1.82) is 0 Å². The number of nitrogens with one attached hydrogen (secondary N) is 1. The van der Waals surface area contributed by atoms with Gasteiger partial charge in [-0.05, 0) is 32.4 Å². The molecule has 1 heterocycles. The lowest BCUT2D eigenvalue weighted by molar-refractivity contribution is 0.147. The van der Waals surface area contributed by atoms with Gasteiger partial charge in [0, 0.05) is 25.5 Å². The summed E-state index contributed by atoms with van der Waals surface area (Å²) in [6.07, 6.45) is 1.02. The number of aryl methyl sites for hydroxylation is 1. The van der Waals surface area contributed by atoms with Crippen molar-refractivity contribution >= 4 is 5.82 Å². The molecule has 0 unspecified atom stereocenters. The number of nitrogens with zero attached hydrogens (tertiary/aromatic N) is 1. The topological polar surface area (TPSA) is 34.1 Å². The van der Waals surface area contributed by atoms with Crippen molar-refractivity contribution in [2.24, 2.45) is 0 Å². The molecule has 0 saturated heterocycles. The summed E-state index contributed by atoms with van der Waals surface area (Å²) in [6.45, 7) is 6.52. The van der Waals surface area contributed by atoms with Crippen molar-refractivity contribution in [3.63, 3.8) is 0 Å². The van der Waals surface area contributed by atoms with Crippen LogP contribution in [0.1, 0.15) is 19.0 Å². The normalized spacial score (nSPS) is 10.1. The van der Waals surface area contributed by atoms with E-state index in [4.69, 9.17) is 4.74 Å². The van der Waals surface area contributed by atoms with Gasteiger partial charge in [0.15, 0.2) is 0 Å². The molecule has 0 atom stereocenters. The third-order valence-corrected chi connectivity index (χ3v) is 1.86. The molecule has 0 saturated carbocycles. The second-order valence-electron chi connectivity index (χ2n) is 3.14. The Morgan fingerprint density at radius 1 is 1.43 bits per heavy atom. The Labute approximate surface area is 85.5 Å². The summed E-state index contributed by atoms with van der Waals surface area (Å²) < 4.78 is 5.23. The molecule has 1 aromatic rings. The molecule has 3 nitrogen and oxygen atoms in total. The predicted octanol–water partition coefficient (Wildman–Crippen LogP) is 2.23. The lowest BCUT2D eigenvalue weighted by atomic mass is 10.3. The van der Waals surface area contributed by atoms with Crippen molar-refractivity contribution in [3.8, 4) is 0 Å². The molecule has 1 N–H and O–H groups in total. The van der Waals surface area contributed by atoms with Gasteiger partial charge in [-0.1, -0.05) is 6.07 Å². The van der Waals surface area contributed by atoms with E-state index < -0.39 is 0 Å². The molecule has 3 heteroatoms. The van der Waals surface area contributed by atoms with Crippen LogP contribution in [0.15, 0.2) is 18.2 Å². The summed E-state index contributed by atoms with van der Waals surface area (Å²) in [5.74, 6) is 0.946. The van der Waals surface area contributed by atoms with Gasteiger partial charge in [0.25, 0.3) is 0 Å². The SMILES string of the molecule is CCOCCCNc1cccc(C)n1. The fourth-order valence-corrected chi connectivity index (χ4v) is 1.18. The third kappa shape index (κ3) is 4.23. The van der Waals surface area contributed by atoms with Crippen molar-refractivity contribution in [1.82, 2.24) is 4.98 Å². The first-order chi connectivity index (χ1) is 6.83. The average Bonchev–Trinajstić information content (AvgIpc) is 2.18. The van der Waals surface area contributed by atoms with Crippen LogP contribution in [0, 0.1) is 6.92 Å². The monoisotopic (exact) mass is 194 g/mol. The van der Waals surface area contributed by atoms with Crippen molar-refractivity contribution in [2.45, 2.75) is 20.3 Å². The molecule has 0 radical (unpaired) electrons. The van der Waals surface area contributed by atoms with Crippen LogP contribution in [0.5, 0.6) is 0 Å². The van der Waals surface area contributed by atoms with Crippen molar-refractivity contribution < 1.29 is 4.74 Å². The van der Waals surface area contributed by atoms with Gasteiger partial charge in [0.1, 0.15) is 5.82 Å². The standard InChI is InChI=1S/C11H18N2O/c1-3-14-9-5-8-12-11-7-4-6-10(2)13-11/h4,6-7H,3,5,8-9H2,1-2H3,(H,12,13). The number of anilines is 1. The minimum absolute atomic E-state index is 0.794. The van der Waals surface area contributed by atoms with Gasteiger partial charge in [-0.3, -0.25) is 0 Å². The van der Waals surface area contributed by atoms with Crippen molar-refractivity contribution in [3.05, 3.63) is 23.9 Å². The number of hydrogen-bond donors (Lipinski definition) is 1. The molecule has 0 aliphatic carbocycles. The molecule has 0 spiro atoms. The van der Waals surface area contributed by atoms with E-state index >= 15 is 0 Å². The lowest BCUT2D eigenvalue weighted by Gasteiger charge is -2.05. The minimum atomic E-state index is 0.794. The number of pyridine rings is 1. The Balaban J connectivity index is 2.18. The molecule has 78 valence electrons. The quantitative estimate of drug-likeness (QED) is 0.705. The number of rotatable bonds is 6. The summed E-state index contributed by atoms with van der Waals surface area (Å²) in [5.41, 5.74) is 1.04. The number of ether oxygens (including phenoxy) is 1. The smallest absolute Gasteiger partial charge is 0.126 e. The second-order valence-corrected chi connectivity index (χ2v) is 3.14. The average molecular weight is 194 g/mol. The fraction of sp³-hybridized carbons (Fsp3) is 0.545. The van der Waals surface area contributed by atoms with Gasteiger partial charge in [-0.15, -0.1) is 0 Å². The van der Waals surface area contributed by atoms with Crippen LogP contribution in [0.2, 0.25) is 0 Å². The summed E-state index contributed by atoms with van der Waals surface area (Å²) in [5, 5.41) is 3.25. The third-order valence-electron chi connectivity index (χ3n) is 1.86. The van der Waals surface area contributed by atoms with E-state index in [0.717, 1.165) is 37.7 Å². The highest BCUT2D eigenvalue weighted by Gasteiger charge is 1.92. The van der Waals surface area contributed by atoms with Crippen LogP contribution in [0.25, 0.3) is 0 Å². The Hall–Kier alpha value is -1.09. The molecule has 0 aromatic carbocycles. The van der Waals surface area contributed by atoms with E-state index in [-0.39, 0.29) is 0 Å². The molecule has 14 heavy (non-hydrogen) atoms. The molecular weight excluding hydrogens is 176 g/mol. The first-order valence-corrected chi connectivity index (χ1v) is 5.08. The zero-order valence-electron chi connectivity index (χ0n) is 8.92. The highest BCUT2D eigenvalue weighted by Crippen LogP contribution is 2.03. The molecule has 1 rings (SSSR count). The molecule has 0 fully saturated rings. The summed E-state index contributed by atoms with van der Waals surface area (Å²) >= 11 is 0. The maximum Gasteiger partial charge on any atom is 0.126 e. The van der Waals surface area contributed by atoms with Crippen LogP contribution in [0.3, 0.4) is 0 Å². The molecule has 0 bridgehead atoms. The van der Waals surface area contributed by atoms with E-state index in [1.165, 1.54) is 0 Å². The Kier molecular flexibility index (Phi) is 5.00. The first kappa shape index (κ1) is 11.0. The second kappa shape index (κ2) is 6.38. The van der Waals surface area contributed by atoms with E-state index in [1.54, 1.807) is 0 Å². The van der Waals surface area contributed by atoms with E-state index in [9.17, 15) is 0 Å². The summed E-state index contributed by atoms with van der Waals surface area (Å²) in [6, 6.07) is 5.98. The Bertz CT molecular complexity index is 263. The van der Waals surface area contributed by atoms with Crippen LogP contribution >= 0.6 is 0 Å². The van der Waals surface area contributed by atoms with Gasteiger partial charge < -0.3 is 10.1 Å². The zero-order chi connectivity index (χ0) is 10.2. The first-order valence-electron chi connectivity index (χ1n) is 5.08. The predicted molar refractivity (Wildman–Crippen MR) is 58.6 cm³/mol. The van der Waals surface area contributed by atoms with Gasteiger partial charge in [-0.2, -0.15) is 0 Å². The van der Waals surface area contributed by atoms with E-state index in [1.807, 2.05) is 32.0 Å². The lowest BCUT2D eigenvalue weighted by Crippen LogP contribution is -2.06. The summed E-state index contributed by atoms with van der Waals surface area (Å²) in [7, 11) is 0. The van der Waals surface area contributed by atoms with Crippen LogP contribution in [-0.2, 0) is 4.74 Å². The minimum Gasteiger partial charge on any atom is -0.382 e. The number of hydrogen-bond acceptors (Lipinski definition) is 3. The van der Waals surface area contributed by atoms with E-state index in [2.05, 4.69) is 10.3 Å². The van der Waals surface area contributed by atoms with Crippen LogP contribution < -0.4 is 5.32 Å². The Morgan fingerprint density at radius 3 is 3.00 bits per heavy atom. The molecule has 0 aliphatic rings. The number of aromatic nitrogens is 1. The van der Waals surface area contributed by atoms with Crippen molar-refractivity contribution in [2.75, 3.05) is 25.1 Å². The maximum absolute atomic E-state index is 5.23. The van der Waals surface area contributed by atoms with Gasteiger partial charge in [-0.25, -0.2) is 4.98 Å². The highest BCUT2D eigenvalue weighted by molar-refractivity contribution is 5.34. The van der Waals surface area contributed by atoms with Gasteiger partial charge in [0.2, 0.25) is 0 Å².